The Hall–Kier alpha value is -2.53. The van der Waals surface area contributed by atoms with Gasteiger partial charge in [-0.25, -0.2) is 0 Å². The number of ether oxygens (including phenoxy) is 1. The van der Waals surface area contributed by atoms with Gasteiger partial charge in [-0.15, -0.1) is 0 Å². The van der Waals surface area contributed by atoms with Crippen molar-refractivity contribution in [3.63, 3.8) is 0 Å². The lowest BCUT2D eigenvalue weighted by Gasteiger charge is -2.12. The molecule has 30 heavy (non-hydrogen) atoms. The standard InChI is InChI=1S/C21H19IN2O5S/c1-3-29-16-9-13(8-15(22)19(16)26)10-17-20(27)24(21(28)30-17)11-18(25)23-14-6-4-12(2)5-7-14/h4-10,26H,3,11H2,1-2H3,(H,23,25)/b17-10+. The number of phenolic OH excluding ortho intramolecular Hbond substituents is 1. The summed E-state index contributed by atoms with van der Waals surface area (Å²) in [4.78, 5) is 38.3. The van der Waals surface area contributed by atoms with Gasteiger partial charge < -0.3 is 15.2 Å². The zero-order valence-corrected chi connectivity index (χ0v) is 19.2. The SMILES string of the molecule is CCOc1cc(/C=C2/SC(=O)N(CC(=O)Nc3ccc(C)cc3)C2=O)cc(I)c1O. The summed E-state index contributed by atoms with van der Waals surface area (Å²) in [6, 6.07) is 10.5. The molecule has 1 aliphatic heterocycles. The molecule has 1 fully saturated rings. The Morgan fingerprint density at radius 2 is 1.97 bits per heavy atom. The average Bonchev–Trinajstić information content (AvgIpc) is 2.95. The van der Waals surface area contributed by atoms with Gasteiger partial charge in [-0.3, -0.25) is 19.3 Å². The van der Waals surface area contributed by atoms with Crippen LogP contribution < -0.4 is 10.1 Å². The van der Waals surface area contributed by atoms with Crippen LogP contribution in [0.3, 0.4) is 0 Å². The van der Waals surface area contributed by atoms with Crippen LogP contribution in [0.4, 0.5) is 10.5 Å². The molecule has 0 radical (unpaired) electrons. The van der Waals surface area contributed by atoms with Gasteiger partial charge in [0, 0.05) is 5.69 Å². The van der Waals surface area contributed by atoms with Crippen molar-refractivity contribution in [3.05, 3.63) is 56.0 Å². The Balaban J connectivity index is 1.74. The molecule has 0 spiro atoms. The molecular weight excluding hydrogens is 519 g/mol. The van der Waals surface area contributed by atoms with Gasteiger partial charge in [-0.05, 0) is 84.1 Å². The number of benzene rings is 2. The first-order valence-electron chi connectivity index (χ1n) is 9.05. The average molecular weight is 538 g/mol. The summed E-state index contributed by atoms with van der Waals surface area (Å²) < 4.78 is 5.96. The third kappa shape index (κ3) is 5.14. The molecule has 9 heteroatoms. The molecule has 1 aliphatic rings. The van der Waals surface area contributed by atoms with Crippen molar-refractivity contribution in [1.82, 2.24) is 4.90 Å². The Labute approximate surface area is 191 Å². The Morgan fingerprint density at radius 1 is 1.27 bits per heavy atom. The largest absolute Gasteiger partial charge is 0.504 e. The number of phenols is 1. The van der Waals surface area contributed by atoms with Crippen molar-refractivity contribution >= 4 is 63.2 Å². The maximum atomic E-state index is 12.7. The summed E-state index contributed by atoms with van der Waals surface area (Å²) in [5.41, 5.74) is 2.26. The first-order chi connectivity index (χ1) is 14.3. The van der Waals surface area contributed by atoms with E-state index in [0.29, 0.717) is 27.2 Å². The summed E-state index contributed by atoms with van der Waals surface area (Å²) >= 11 is 2.73. The number of hydrogen-bond donors (Lipinski definition) is 2. The number of imide groups is 1. The molecule has 2 aromatic carbocycles. The van der Waals surface area contributed by atoms with E-state index in [9.17, 15) is 19.5 Å². The predicted octanol–water partition coefficient (Wildman–Crippen LogP) is 4.38. The maximum absolute atomic E-state index is 12.7. The number of amides is 3. The number of aryl methyl sites for hydroxylation is 1. The third-order valence-corrected chi connectivity index (χ3v) is 5.89. The summed E-state index contributed by atoms with van der Waals surface area (Å²) in [7, 11) is 0. The quantitative estimate of drug-likeness (QED) is 0.419. The monoisotopic (exact) mass is 538 g/mol. The first kappa shape index (κ1) is 22.2. The molecule has 3 amide bonds. The smallest absolute Gasteiger partial charge is 0.294 e. The van der Waals surface area contributed by atoms with Crippen LogP contribution in [0.1, 0.15) is 18.1 Å². The molecule has 0 unspecified atom stereocenters. The minimum atomic E-state index is -0.537. The zero-order valence-electron chi connectivity index (χ0n) is 16.3. The van der Waals surface area contributed by atoms with Crippen LogP contribution in [0, 0.1) is 10.5 Å². The first-order valence-corrected chi connectivity index (χ1v) is 10.9. The summed E-state index contributed by atoms with van der Waals surface area (Å²) in [6.07, 6.45) is 1.55. The van der Waals surface area contributed by atoms with Gasteiger partial charge in [0.05, 0.1) is 15.1 Å². The second kappa shape index (κ2) is 9.52. The minimum Gasteiger partial charge on any atom is -0.504 e. The van der Waals surface area contributed by atoms with Crippen LogP contribution in [0.25, 0.3) is 6.08 Å². The summed E-state index contributed by atoms with van der Waals surface area (Å²) in [5, 5.41) is 12.2. The van der Waals surface area contributed by atoms with Crippen molar-refractivity contribution in [2.24, 2.45) is 0 Å². The number of carbonyl (C=O) groups is 3. The molecule has 0 bridgehead atoms. The van der Waals surface area contributed by atoms with Crippen LogP contribution >= 0.6 is 34.4 Å². The van der Waals surface area contributed by atoms with Crippen molar-refractivity contribution in [3.8, 4) is 11.5 Å². The fourth-order valence-electron chi connectivity index (χ4n) is 2.71. The fourth-order valence-corrected chi connectivity index (χ4v) is 4.18. The molecule has 7 nitrogen and oxygen atoms in total. The van der Waals surface area contributed by atoms with Gasteiger partial charge in [0.2, 0.25) is 5.91 Å². The van der Waals surface area contributed by atoms with Crippen LogP contribution in [0.5, 0.6) is 11.5 Å². The molecule has 0 atom stereocenters. The van der Waals surface area contributed by atoms with Crippen LogP contribution in [-0.4, -0.2) is 40.2 Å². The van der Waals surface area contributed by atoms with E-state index < -0.39 is 17.1 Å². The number of nitrogens with one attached hydrogen (secondary N) is 1. The highest BCUT2D eigenvalue weighted by molar-refractivity contribution is 14.1. The molecule has 2 N–H and O–H groups in total. The number of rotatable bonds is 6. The number of halogens is 1. The highest BCUT2D eigenvalue weighted by Gasteiger charge is 2.36. The van der Waals surface area contributed by atoms with Gasteiger partial charge in [0.25, 0.3) is 11.1 Å². The molecule has 156 valence electrons. The van der Waals surface area contributed by atoms with Gasteiger partial charge in [-0.2, -0.15) is 0 Å². The van der Waals surface area contributed by atoms with E-state index >= 15 is 0 Å². The number of anilines is 1. The van der Waals surface area contributed by atoms with Crippen LogP contribution in [0.15, 0.2) is 41.3 Å². The second-order valence-electron chi connectivity index (χ2n) is 6.46. The molecule has 0 aliphatic carbocycles. The topological polar surface area (TPSA) is 95.9 Å². The van der Waals surface area contributed by atoms with Crippen LogP contribution in [-0.2, 0) is 9.59 Å². The van der Waals surface area contributed by atoms with E-state index in [1.54, 1.807) is 37.3 Å². The fraction of sp³-hybridized carbons (Fsp3) is 0.190. The zero-order chi connectivity index (χ0) is 21.8. The van der Waals surface area contributed by atoms with Gasteiger partial charge in [0.1, 0.15) is 6.54 Å². The van der Waals surface area contributed by atoms with Gasteiger partial charge >= 0.3 is 0 Å². The highest BCUT2D eigenvalue weighted by atomic mass is 127. The van der Waals surface area contributed by atoms with Crippen molar-refractivity contribution in [2.45, 2.75) is 13.8 Å². The van der Waals surface area contributed by atoms with Gasteiger partial charge in [0.15, 0.2) is 11.5 Å². The van der Waals surface area contributed by atoms with Crippen molar-refractivity contribution < 1.29 is 24.2 Å². The molecule has 0 saturated carbocycles. The lowest BCUT2D eigenvalue weighted by Crippen LogP contribution is -2.36. The number of carbonyl (C=O) groups excluding carboxylic acids is 3. The minimum absolute atomic E-state index is 0.0236. The van der Waals surface area contributed by atoms with Gasteiger partial charge in [-0.1, -0.05) is 17.7 Å². The molecule has 0 aromatic heterocycles. The lowest BCUT2D eigenvalue weighted by molar-refractivity contribution is -0.127. The van der Waals surface area contributed by atoms with Crippen LogP contribution in [0.2, 0.25) is 0 Å². The van der Waals surface area contributed by atoms with E-state index in [1.165, 1.54) is 0 Å². The predicted molar refractivity (Wildman–Crippen MR) is 124 cm³/mol. The number of aromatic hydroxyl groups is 1. The van der Waals surface area contributed by atoms with Crippen molar-refractivity contribution in [2.75, 3.05) is 18.5 Å². The lowest BCUT2D eigenvalue weighted by atomic mass is 10.2. The van der Waals surface area contributed by atoms with E-state index in [4.69, 9.17) is 4.74 Å². The number of thioether (sulfide) groups is 1. The Kier molecular flexibility index (Phi) is 7.03. The normalized spacial score (nSPS) is 15.0. The number of hydrogen-bond acceptors (Lipinski definition) is 6. The number of nitrogens with zero attached hydrogens (tertiary/aromatic N) is 1. The van der Waals surface area contributed by atoms with E-state index in [0.717, 1.165) is 22.2 Å². The van der Waals surface area contributed by atoms with E-state index in [-0.39, 0.29) is 17.2 Å². The molecule has 1 heterocycles. The summed E-state index contributed by atoms with van der Waals surface area (Å²) in [5.74, 6) is -0.673. The maximum Gasteiger partial charge on any atom is 0.294 e. The Bertz CT molecular complexity index is 1040. The molecule has 2 aromatic rings. The van der Waals surface area contributed by atoms with E-state index in [1.807, 2.05) is 41.6 Å². The van der Waals surface area contributed by atoms with E-state index in [2.05, 4.69) is 5.32 Å². The second-order valence-corrected chi connectivity index (χ2v) is 8.62. The molecule has 1 saturated heterocycles. The molecular formula is C21H19IN2O5S. The van der Waals surface area contributed by atoms with Crippen molar-refractivity contribution in [1.29, 1.82) is 0 Å². The molecule has 3 rings (SSSR count). The highest BCUT2D eigenvalue weighted by Crippen LogP contribution is 2.36. The summed E-state index contributed by atoms with van der Waals surface area (Å²) in [6.45, 7) is 3.74. The Morgan fingerprint density at radius 3 is 2.63 bits per heavy atom. The third-order valence-electron chi connectivity index (χ3n) is 4.16.